The van der Waals surface area contributed by atoms with E-state index in [1.807, 2.05) is 6.07 Å². The largest absolute Gasteiger partial charge is 0.324 e. The van der Waals surface area contributed by atoms with Crippen LogP contribution in [-0.2, 0) is 9.59 Å². The van der Waals surface area contributed by atoms with Crippen molar-refractivity contribution in [3.63, 3.8) is 0 Å². The van der Waals surface area contributed by atoms with Gasteiger partial charge in [-0.2, -0.15) is 0 Å². The zero-order chi connectivity index (χ0) is 11.3. The van der Waals surface area contributed by atoms with Crippen molar-refractivity contribution in [1.29, 1.82) is 0 Å². The Morgan fingerprint density at radius 3 is 2.40 bits per heavy atom. The lowest BCUT2D eigenvalue weighted by atomic mass is 10.2. The molecule has 5 nitrogen and oxygen atoms in total. The van der Waals surface area contributed by atoms with Gasteiger partial charge in [-0.15, -0.1) is 0 Å². The number of carbonyl (C=O) groups excluding carboxylic acids is 2. The predicted octanol–water partition coefficient (Wildman–Crippen LogP) is -0.520. The second-order valence-corrected chi connectivity index (χ2v) is 3.00. The molecule has 1 amide bonds. The van der Waals surface area contributed by atoms with Crippen LogP contribution in [0.15, 0.2) is 30.3 Å². The molecule has 1 unspecified atom stereocenters. The SMILES string of the molecule is NCC(=O)C(N)C(=O)Nc1ccccc1. The molecule has 80 valence electrons. The molecule has 1 rings (SSSR count). The quantitative estimate of drug-likeness (QED) is 0.578. The van der Waals surface area contributed by atoms with Gasteiger partial charge in [0.05, 0.1) is 6.54 Å². The number of hydrogen-bond donors (Lipinski definition) is 3. The highest BCUT2D eigenvalue weighted by Crippen LogP contribution is 2.04. The molecule has 5 heteroatoms. The van der Waals surface area contributed by atoms with E-state index in [1.165, 1.54) is 0 Å². The molecular formula is C10H13N3O2. The molecule has 0 fully saturated rings. The summed E-state index contributed by atoms with van der Waals surface area (Å²) in [6, 6.07) is 7.57. The Balaban J connectivity index is 2.60. The maximum Gasteiger partial charge on any atom is 0.249 e. The monoisotopic (exact) mass is 207 g/mol. The van der Waals surface area contributed by atoms with Gasteiger partial charge in [0.2, 0.25) is 5.91 Å². The number of anilines is 1. The lowest BCUT2D eigenvalue weighted by molar-refractivity contribution is -0.126. The van der Waals surface area contributed by atoms with Crippen molar-refractivity contribution in [3.05, 3.63) is 30.3 Å². The van der Waals surface area contributed by atoms with Gasteiger partial charge < -0.3 is 16.8 Å². The van der Waals surface area contributed by atoms with Gasteiger partial charge in [0.1, 0.15) is 6.04 Å². The van der Waals surface area contributed by atoms with Gasteiger partial charge >= 0.3 is 0 Å². The maximum atomic E-state index is 11.4. The average molecular weight is 207 g/mol. The lowest BCUT2D eigenvalue weighted by Gasteiger charge is -2.09. The molecule has 0 aliphatic heterocycles. The number of carbonyl (C=O) groups is 2. The second kappa shape index (κ2) is 5.23. The summed E-state index contributed by atoms with van der Waals surface area (Å²) in [4.78, 5) is 22.4. The van der Waals surface area contributed by atoms with Crippen LogP contribution in [0.1, 0.15) is 0 Å². The summed E-state index contributed by atoms with van der Waals surface area (Å²) < 4.78 is 0. The third-order valence-corrected chi connectivity index (χ3v) is 1.87. The number of benzene rings is 1. The second-order valence-electron chi connectivity index (χ2n) is 3.00. The van der Waals surface area contributed by atoms with E-state index >= 15 is 0 Å². The highest BCUT2D eigenvalue weighted by atomic mass is 16.2. The first kappa shape index (κ1) is 11.4. The summed E-state index contributed by atoms with van der Waals surface area (Å²) in [6.45, 7) is -0.233. The summed E-state index contributed by atoms with van der Waals surface area (Å²) in [5, 5.41) is 2.52. The van der Waals surface area contributed by atoms with Crippen molar-refractivity contribution in [2.24, 2.45) is 11.5 Å². The number of hydrogen-bond acceptors (Lipinski definition) is 4. The Hall–Kier alpha value is -1.72. The Bertz CT molecular complexity index is 351. The molecule has 0 heterocycles. The van der Waals surface area contributed by atoms with E-state index in [0.29, 0.717) is 5.69 Å². The van der Waals surface area contributed by atoms with E-state index in [0.717, 1.165) is 0 Å². The minimum Gasteiger partial charge on any atom is -0.324 e. The number of nitrogens with one attached hydrogen (secondary N) is 1. The number of Topliss-reactive ketones (excluding diaryl/α,β-unsaturated/α-hetero) is 1. The number of ketones is 1. The van der Waals surface area contributed by atoms with E-state index in [9.17, 15) is 9.59 Å². The van der Waals surface area contributed by atoms with Gasteiger partial charge in [-0.25, -0.2) is 0 Å². The van der Waals surface area contributed by atoms with Crippen LogP contribution in [-0.4, -0.2) is 24.3 Å². The van der Waals surface area contributed by atoms with Gasteiger partial charge in [0.25, 0.3) is 0 Å². The first-order valence-corrected chi connectivity index (χ1v) is 4.49. The summed E-state index contributed by atoms with van der Waals surface area (Å²) in [7, 11) is 0. The summed E-state index contributed by atoms with van der Waals surface area (Å²) >= 11 is 0. The highest BCUT2D eigenvalue weighted by molar-refractivity contribution is 6.11. The van der Waals surface area contributed by atoms with Crippen LogP contribution in [0.3, 0.4) is 0 Å². The molecule has 0 aromatic heterocycles. The molecule has 5 N–H and O–H groups in total. The van der Waals surface area contributed by atoms with Gasteiger partial charge in [-0.05, 0) is 12.1 Å². The van der Waals surface area contributed by atoms with Crippen molar-refractivity contribution < 1.29 is 9.59 Å². The third kappa shape index (κ3) is 3.16. The fourth-order valence-electron chi connectivity index (χ4n) is 1.01. The standard InChI is InChI=1S/C10H13N3O2/c11-6-8(14)9(12)10(15)13-7-4-2-1-3-5-7/h1-5,9H,6,11-12H2,(H,13,15). The van der Waals surface area contributed by atoms with Crippen molar-refractivity contribution in [3.8, 4) is 0 Å². The Morgan fingerprint density at radius 2 is 1.87 bits per heavy atom. The van der Waals surface area contributed by atoms with Crippen LogP contribution in [0.4, 0.5) is 5.69 Å². The first-order valence-electron chi connectivity index (χ1n) is 4.49. The Kier molecular flexibility index (Phi) is 3.96. The molecule has 1 atom stereocenters. The smallest absolute Gasteiger partial charge is 0.249 e. The molecular weight excluding hydrogens is 194 g/mol. The fraction of sp³-hybridized carbons (Fsp3) is 0.200. The fourth-order valence-corrected chi connectivity index (χ4v) is 1.01. The van der Waals surface area contributed by atoms with Gasteiger partial charge in [-0.1, -0.05) is 18.2 Å². The molecule has 0 bridgehead atoms. The average Bonchev–Trinajstić information content (AvgIpc) is 2.28. The summed E-state index contributed by atoms with van der Waals surface area (Å²) in [5.41, 5.74) is 11.1. The van der Waals surface area contributed by atoms with Gasteiger partial charge in [0, 0.05) is 5.69 Å². The molecule has 15 heavy (non-hydrogen) atoms. The minimum atomic E-state index is -1.20. The minimum absolute atomic E-state index is 0.233. The van der Waals surface area contributed by atoms with Gasteiger partial charge in [0.15, 0.2) is 5.78 Å². The van der Waals surface area contributed by atoms with Crippen LogP contribution in [0, 0.1) is 0 Å². The zero-order valence-corrected chi connectivity index (χ0v) is 8.14. The van der Waals surface area contributed by atoms with Crippen molar-refractivity contribution >= 4 is 17.4 Å². The van der Waals surface area contributed by atoms with Crippen molar-refractivity contribution in [2.45, 2.75) is 6.04 Å². The Labute approximate surface area is 87.4 Å². The predicted molar refractivity (Wildman–Crippen MR) is 57.1 cm³/mol. The topological polar surface area (TPSA) is 98.2 Å². The van der Waals surface area contributed by atoms with Gasteiger partial charge in [-0.3, -0.25) is 9.59 Å². The number of rotatable bonds is 4. The number of para-hydroxylation sites is 1. The summed E-state index contributed by atoms with van der Waals surface area (Å²) in [5.74, 6) is -1.03. The van der Waals surface area contributed by atoms with Crippen LogP contribution >= 0.6 is 0 Å². The molecule has 0 aliphatic rings. The molecule has 0 aliphatic carbocycles. The third-order valence-electron chi connectivity index (χ3n) is 1.87. The molecule has 1 aromatic carbocycles. The Morgan fingerprint density at radius 1 is 1.27 bits per heavy atom. The van der Waals surface area contributed by atoms with E-state index in [1.54, 1.807) is 24.3 Å². The van der Waals surface area contributed by atoms with E-state index in [-0.39, 0.29) is 6.54 Å². The van der Waals surface area contributed by atoms with Crippen LogP contribution in [0.2, 0.25) is 0 Å². The molecule has 0 radical (unpaired) electrons. The lowest BCUT2D eigenvalue weighted by Crippen LogP contribution is -2.45. The number of nitrogens with two attached hydrogens (primary N) is 2. The molecule has 0 spiro atoms. The van der Waals surface area contributed by atoms with Crippen LogP contribution in [0.5, 0.6) is 0 Å². The van der Waals surface area contributed by atoms with E-state index in [4.69, 9.17) is 11.5 Å². The highest BCUT2D eigenvalue weighted by Gasteiger charge is 2.20. The molecule has 0 saturated carbocycles. The van der Waals surface area contributed by atoms with Crippen molar-refractivity contribution in [1.82, 2.24) is 0 Å². The summed E-state index contributed by atoms with van der Waals surface area (Å²) in [6.07, 6.45) is 0. The van der Waals surface area contributed by atoms with E-state index < -0.39 is 17.7 Å². The van der Waals surface area contributed by atoms with Crippen LogP contribution < -0.4 is 16.8 Å². The number of amides is 1. The normalized spacial score (nSPS) is 11.9. The molecule has 0 saturated heterocycles. The van der Waals surface area contributed by atoms with Crippen molar-refractivity contribution in [2.75, 3.05) is 11.9 Å². The molecule has 1 aromatic rings. The zero-order valence-electron chi connectivity index (χ0n) is 8.14. The van der Waals surface area contributed by atoms with Crippen LogP contribution in [0.25, 0.3) is 0 Å². The maximum absolute atomic E-state index is 11.4. The first-order chi connectivity index (χ1) is 7.15. The van der Waals surface area contributed by atoms with E-state index in [2.05, 4.69) is 5.32 Å².